The van der Waals surface area contributed by atoms with Crippen molar-refractivity contribution in [2.75, 3.05) is 13.7 Å². The number of ether oxygens (including phenoxy) is 2. The number of nitrogens with one attached hydrogen (secondary N) is 1. The van der Waals surface area contributed by atoms with E-state index in [1.54, 1.807) is 19.2 Å². The molecule has 0 saturated carbocycles. The first-order chi connectivity index (χ1) is 9.08. The molecule has 5 nitrogen and oxygen atoms in total. The smallest absolute Gasteiger partial charge is 0.344 e. The van der Waals surface area contributed by atoms with E-state index in [2.05, 4.69) is 12.2 Å². The number of aliphatic carboxylic acids is 1. The van der Waals surface area contributed by atoms with Gasteiger partial charge in [0.25, 0.3) is 0 Å². The number of methoxy groups -OCH3 is 1. The Morgan fingerprint density at radius 3 is 2.79 bits per heavy atom. The highest BCUT2D eigenvalue weighted by atomic mass is 16.5. The molecule has 0 amide bonds. The SMILES string of the molecule is CCCNCc1cc(OC)ccc1OC(C)C(=O)O. The number of hydrogen-bond acceptors (Lipinski definition) is 4. The van der Waals surface area contributed by atoms with Crippen LogP contribution in [0.25, 0.3) is 0 Å². The van der Waals surface area contributed by atoms with Crippen molar-refractivity contribution in [2.45, 2.75) is 32.9 Å². The van der Waals surface area contributed by atoms with Gasteiger partial charge in [-0.05, 0) is 38.1 Å². The second-order valence-electron chi connectivity index (χ2n) is 4.25. The summed E-state index contributed by atoms with van der Waals surface area (Å²) in [7, 11) is 1.60. The first kappa shape index (κ1) is 15.3. The summed E-state index contributed by atoms with van der Waals surface area (Å²) >= 11 is 0. The zero-order valence-corrected chi connectivity index (χ0v) is 11.6. The molecule has 1 aromatic carbocycles. The normalized spacial score (nSPS) is 11.9. The molecule has 106 valence electrons. The molecule has 19 heavy (non-hydrogen) atoms. The predicted octanol–water partition coefficient (Wildman–Crippen LogP) is 2.05. The molecule has 0 saturated heterocycles. The van der Waals surface area contributed by atoms with E-state index < -0.39 is 12.1 Å². The van der Waals surface area contributed by atoms with Gasteiger partial charge in [0.15, 0.2) is 6.10 Å². The van der Waals surface area contributed by atoms with Crippen molar-refractivity contribution >= 4 is 5.97 Å². The largest absolute Gasteiger partial charge is 0.497 e. The van der Waals surface area contributed by atoms with E-state index in [1.165, 1.54) is 6.92 Å². The molecule has 0 aliphatic carbocycles. The maximum atomic E-state index is 10.8. The number of carboxylic acids is 1. The third kappa shape index (κ3) is 4.79. The summed E-state index contributed by atoms with van der Waals surface area (Å²) in [6.07, 6.45) is 0.157. The van der Waals surface area contributed by atoms with Crippen LogP contribution in [-0.2, 0) is 11.3 Å². The van der Waals surface area contributed by atoms with Crippen molar-refractivity contribution in [1.29, 1.82) is 0 Å². The monoisotopic (exact) mass is 267 g/mol. The lowest BCUT2D eigenvalue weighted by atomic mass is 10.2. The zero-order chi connectivity index (χ0) is 14.3. The van der Waals surface area contributed by atoms with E-state index in [-0.39, 0.29) is 0 Å². The molecule has 2 N–H and O–H groups in total. The fourth-order valence-corrected chi connectivity index (χ4v) is 1.58. The van der Waals surface area contributed by atoms with Crippen LogP contribution >= 0.6 is 0 Å². The molecule has 0 aliphatic rings. The van der Waals surface area contributed by atoms with Crippen molar-refractivity contribution in [3.05, 3.63) is 23.8 Å². The van der Waals surface area contributed by atoms with Crippen molar-refractivity contribution in [1.82, 2.24) is 5.32 Å². The predicted molar refractivity (Wildman–Crippen MR) is 72.7 cm³/mol. The fraction of sp³-hybridized carbons (Fsp3) is 0.500. The minimum atomic E-state index is -0.983. The van der Waals surface area contributed by atoms with Gasteiger partial charge < -0.3 is 19.9 Å². The average molecular weight is 267 g/mol. The van der Waals surface area contributed by atoms with E-state index in [9.17, 15) is 4.79 Å². The van der Waals surface area contributed by atoms with Crippen LogP contribution in [0, 0.1) is 0 Å². The van der Waals surface area contributed by atoms with Crippen LogP contribution in [0.1, 0.15) is 25.8 Å². The van der Waals surface area contributed by atoms with Gasteiger partial charge in [0.2, 0.25) is 0 Å². The maximum absolute atomic E-state index is 10.8. The molecule has 0 spiro atoms. The standard InChI is InChI=1S/C14H21NO4/c1-4-7-15-9-11-8-12(18-3)5-6-13(11)19-10(2)14(16)17/h5-6,8,10,15H,4,7,9H2,1-3H3,(H,16,17). The quantitative estimate of drug-likeness (QED) is 0.706. The van der Waals surface area contributed by atoms with Gasteiger partial charge in [0, 0.05) is 12.1 Å². The van der Waals surface area contributed by atoms with Gasteiger partial charge in [-0.15, -0.1) is 0 Å². The van der Waals surface area contributed by atoms with Crippen LogP contribution in [0.4, 0.5) is 0 Å². The first-order valence-electron chi connectivity index (χ1n) is 6.35. The van der Waals surface area contributed by atoms with Crippen molar-refractivity contribution in [3.63, 3.8) is 0 Å². The molecule has 0 heterocycles. The molecule has 0 aliphatic heterocycles. The average Bonchev–Trinajstić information content (AvgIpc) is 2.40. The minimum Gasteiger partial charge on any atom is -0.497 e. The molecule has 1 unspecified atom stereocenters. The molecule has 1 rings (SSSR count). The molecular formula is C14H21NO4. The van der Waals surface area contributed by atoms with Crippen LogP contribution in [0.3, 0.4) is 0 Å². The Morgan fingerprint density at radius 1 is 1.47 bits per heavy atom. The Bertz CT molecular complexity index is 420. The summed E-state index contributed by atoms with van der Waals surface area (Å²) in [6.45, 7) is 5.11. The van der Waals surface area contributed by atoms with E-state index in [0.717, 1.165) is 24.3 Å². The minimum absolute atomic E-state index is 0.569. The second kappa shape index (κ2) is 7.63. The number of benzene rings is 1. The summed E-state index contributed by atoms with van der Waals surface area (Å²) in [5.41, 5.74) is 0.890. The number of rotatable bonds is 8. The van der Waals surface area contributed by atoms with Gasteiger partial charge >= 0.3 is 5.97 Å². The van der Waals surface area contributed by atoms with Crippen molar-refractivity contribution < 1.29 is 19.4 Å². The molecule has 1 aromatic rings. The van der Waals surface area contributed by atoms with E-state index >= 15 is 0 Å². The molecule has 0 aromatic heterocycles. The van der Waals surface area contributed by atoms with Gasteiger partial charge in [-0.2, -0.15) is 0 Å². The molecule has 0 radical (unpaired) electrons. The van der Waals surface area contributed by atoms with Gasteiger partial charge in [-0.3, -0.25) is 0 Å². The van der Waals surface area contributed by atoms with Crippen molar-refractivity contribution in [3.8, 4) is 11.5 Å². The molecule has 0 bridgehead atoms. The van der Waals surface area contributed by atoms with Gasteiger partial charge in [-0.25, -0.2) is 4.79 Å². The fourth-order valence-electron chi connectivity index (χ4n) is 1.58. The number of carboxylic acid groups (broad SMARTS) is 1. The Hall–Kier alpha value is -1.75. The first-order valence-corrected chi connectivity index (χ1v) is 6.35. The third-order valence-corrected chi connectivity index (χ3v) is 2.66. The third-order valence-electron chi connectivity index (χ3n) is 2.66. The summed E-state index contributed by atoms with van der Waals surface area (Å²) in [5, 5.41) is 12.1. The van der Waals surface area contributed by atoms with E-state index in [4.69, 9.17) is 14.6 Å². The number of carbonyl (C=O) groups is 1. The van der Waals surface area contributed by atoms with Crippen LogP contribution in [0.2, 0.25) is 0 Å². The Morgan fingerprint density at radius 2 is 2.21 bits per heavy atom. The second-order valence-corrected chi connectivity index (χ2v) is 4.25. The molecular weight excluding hydrogens is 246 g/mol. The lowest BCUT2D eigenvalue weighted by Gasteiger charge is -2.16. The van der Waals surface area contributed by atoms with Crippen LogP contribution in [0.5, 0.6) is 11.5 Å². The lowest BCUT2D eigenvalue weighted by Crippen LogP contribution is -2.24. The zero-order valence-electron chi connectivity index (χ0n) is 11.6. The van der Waals surface area contributed by atoms with Crippen LogP contribution < -0.4 is 14.8 Å². The summed E-state index contributed by atoms with van der Waals surface area (Å²) in [6, 6.07) is 5.35. The summed E-state index contributed by atoms with van der Waals surface area (Å²) in [5.74, 6) is 0.311. The highest BCUT2D eigenvalue weighted by molar-refractivity contribution is 5.72. The molecule has 5 heteroatoms. The Kier molecular flexibility index (Phi) is 6.15. The van der Waals surface area contributed by atoms with E-state index in [0.29, 0.717) is 12.3 Å². The Balaban J connectivity index is 2.84. The van der Waals surface area contributed by atoms with Crippen molar-refractivity contribution in [2.24, 2.45) is 0 Å². The number of hydrogen-bond donors (Lipinski definition) is 2. The molecule has 0 fully saturated rings. The van der Waals surface area contributed by atoms with Gasteiger partial charge in [0.05, 0.1) is 7.11 Å². The maximum Gasteiger partial charge on any atom is 0.344 e. The van der Waals surface area contributed by atoms with Gasteiger partial charge in [0.1, 0.15) is 11.5 Å². The topological polar surface area (TPSA) is 67.8 Å². The lowest BCUT2D eigenvalue weighted by molar-refractivity contribution is -0.144. The van der Waals surface area contributed by atoms with Gasteiger partial charge in [-0.1, -0.05) is 6.92 Å². The highest BCUT2D eigenvalue weighted by Gasteiger charge is 2.15. The Labute approximate surface area is 113 Å². The summed E-state index contributed by atoms with van der Waals surface area (Å²) < 4.78 is 10.6. The summed E-state index contributed by atoms with van der Waals surface area (Å²) in [4.78, 5) is 10.8. The van der Waals surface area contributed by atoms with Crippen LogP contribution in [-0.4, -0.2) is 30.8 Å². The highest BCUT2D eigenvalue weighted by Crippen LogP contribution is 2.25. The molecule has 1 atom stereocenters. The van der Waals surface area contributed by atoms with Crippen LogP contribution in [0.15, 0.2) is 18.2 Å². The van der Waals surface area contributed by atoms with E-state index in [1.807, 2.05) is 6.07 Å².